The topological polar surface area (TPSA) is 92.2 Å². The molecule has 2 aliphatic heterocycles. The fourth-order valence-electron chi connectivity index (χ4n) is 3.57. The molecule has 3 heterocycles. The van der Waals surface area contributed by atoms with Crippen molar-refractivity contribution < 1.29 is 9.59 Å². The maximum atomic E-state index is 12.4. The molecular formula is C17H28N6O2. The number of nitrogens with zero attached hydrogens (tertiary/aromatic N) is 4. The quantitative estimate of drug-likeness (QED) is 0.847. The molecule has 3 rings (SSSR count). The lowest BCUT2D eigenvalue weighted by atomic mass is 9.92. The molecule has 2 amide bonds. The lowest BCUT2D eigenvalue weighted by Gasteiger charge is -2.26. The Balaban J connectivity index is 1.51. The molecule has 2 aliphatic rings. The fraction of sp³-hybridized carbons (Fsp3) is 0.765. The third kappa shape index (κ3) is 5.01. The van der Waals surface area contributed by atoms with Gasteiger partial charge in [0.05, 0.1) is 0 Å². The van der Waals surface area contributed by atoms with Crippen molar-refractivity contribution in [3.05, 3.63) is 6.33 Å². The molecule has 0 spiro atoms. The van der Waals surface area contributed by atoms with E-state index in [1.54, 1.807) is 0 Å². The zero-order valence-electron chi connectivity index (χ0n) is 14.9. The molecule has 2 fully saturated rings. The maximum absolute atomic E-state index is 12.4. The van der Waals surface area contributed by atoms with Gasteiger partial charge in [0.15, 0.2) is 0 Å². The van der Waals surface area contributed by atoms with Crippen LogP contribution in [0.2, 0.25) is 0 Å². The highest BCUT2D eigenvalue weighted by molar-refractivity contribution is 5.91. The minimum atomic E-state index is -0.0371. The standard InChI is InChI=1S/C17H28N6O2/c1-13-10-14(6-7-18-13)16(25)20-17-19-12-23(21-17)11-15(24)22-8-4-2-3-5-9-22/h12-14,18H,2-11H2,1H3,(H,20,21,25)/t13-,14-/m0/s1. The molecule has 8 heteroatoms. The molecule has 2 N–H and O–H groups in total. The van der Waals surface area contributed by atoms with E-state index in [4.69, 9.17) is 0 Å². The molecular weight excluding hydrogens is 320 g/mol. The molecule has 8 nitrogen and oxygen atoms in total. The number of hydrogen-bond acceptors (Lipinski definition) is 5. The van der Waals surface area contributed by atoms with Crippen LogP contribution in [-0.2, 0) is 16.1 Å². The third-order valence-electron chi connectivity index (χ3n) is 5.02. The fourth-order valence-corrected chi connectivity index (χ4v) is 3.57. The van der Waals surface area contributed by atoms with Gasteiger partial charge in [-0.25, -0.2) is 9.67 Å². The summed E-state index contributed by atoms with van der Waals surface area (Å²) in [6.45, 7) is 4.76. The summed E-state index contributed by atoms with van der Waals surface area (Å²) in [7, 11) is 0. The van der Waals surface area contributed by atoms with E-state index in [1.165, 1.54) is 23.9 Å². The maximum Gasteiger partial charge on any atom is 0.248 e. The van der Waals surface area contributed by atoms with E-state index in [9.17, 15) is 9.59 Å². The number of likely N-dealkylation sites (tertiary alicyclic amines) is 1. The summed E-state index contributed by atoms with van der Waals surface area (Å²) in [5.74, 6) is 0.295. The molecule has 0 radical (unpaired) electrons. The van der Waals surface area contributed by atoms with E-state index < -0.39 is 0 Å². The largest absolute Gasteiger partial charge is 0.341 e. The van der Waals surface area contributed by atoms with Crippen molar-refractivity contribution in [1.82, 2.24) is 25.0 Å². The summed E-state index contributed by atoms with van der Waals surface area (Å²) in [6.07, 6.45) is 7.68. The number of rotatable bonds is 4. The highest BCUT2D eigenvalue weighted by Crippen LogP contribution is 2.17. The van der Waals surface area contributed by atoms with Crippen molar-refractivity contribution >= 4 is 17.8 Å². The van der Waals surface area contributed by atoms with E-state index in [0.29, 0.717) is 6.04 Å². The van der Waals surface area contributed by atoms with Gasteiger partial charge in [0, 0.05) is 25.0 Å². The van der Waals surface area contributed by atoms with Gasteiger partial charge in [-0.15, -0.1) is 5.10 Å². The van der Waals surface area contributed by atoms with Gasteiger partial charge >= 0.3 is 0 Å². The molecule has 0 bridgehead atoms. The zero-order valence-corrected chi connectivity index (χ0v) is 14.9. The predicted octanol–water partition coefficient (Wildman–Crippen LogP) is 1.01. The van der Waals surface area contributed by atoms with Crippen LogP contribution in [0.25, 0.3) is 0 Å². The van der Waals surface area contributed by atoms with Crippen LogP contribution in [0, 0.1) is 5.92 Å². The van der Waals surface area contributed by atoms with Crippen LogP contribution < -0.4 is 10.6 Å². The number of aromatic nitrogens is 3. The Bertz CT molecular complexity index is 563. The summed E-state index contributed by atoms with van der Waals surface area (Å²) in [5.41, 5.74) is 0. The Morgan fingerprint density at radius 2 is 2.04 bits per heavy atom. The summed E-state index contributed by atoms with van der Waals surface area (Å²) in [6, 6.07) is 0.348. The van der Waals surface area contributed by atoms with Gasteiger partial charge in [-0.05, 0) is 39.2 Å². The second-order valence-electron chi connectivity index (χ2n) is 7.13. The molecule has 1 aromatic heterocycles. The highest BCUT2D eigenvalue weighted by Gasteiger charge is 2.25. The second-order valence-corrected chi connectivity index (χ2v) is 7.13. The zero-order chi connectivity index (χ0) is 17.6. The minimum Gasteiger partial charge on any atom is -0.341 e. The van der Waals surface area contributed by atoms with E-state index in [0.717, 1.165) is 45.3 Å². The first-order valence-electron chi connectivity index (χ1n) is 9.33. The first-order valence-corrected chi connectivity index (χ1v) is 9.33. The van der Waals surface area contributed by atoms with Crippen LogP contribution in [0.3, 0.4) is 0 Å². The van der Waals surface area contributed by atoms with Crippen LogP contribution in [0.4, 0.5) is 5.95 Å². The SMILES string of the molecule is C[C@H]1C[C@@H](C(=O)Nc2ncn(CC(=O)N3CCCCCC3)n2)CCN1. The molecule has 138 valence electrons. The lowest BCUT2D eigenvalue weighted by molar-refractivity contribution is -0.132. The van der Waals surface area contributed by atoms with E-state index >= 15 is 0 Å². The number of nitrogens with one attached hydrogen (secondary N) is 2. The normalized spacial score (nSPS) is 24.6. The molecule has 0 unspecified atom stereocenters. The van der Waals surface area contributed by atoms with Gasteiger partial charge < -0.3 is 10.2 Å². The lowest BCUT2D eigenvalue weighted by Crippen LogP contribution is -2.40. The van der Waals surface area contributed by atoms with Gasteiger partial charge in [-0.3, -0.25) is 14.9 Å². The van der Waals surface area contributed by atoms with Crippen LogP contribution in [0.15, 0.2) is 6.33 Å². The summed E-state index contributed by atoms with van der Waals surface area (Å²) in [5, 5.41) is 10.3. The van der Waals surface area contributed by atoms with E-state index in [-0.39, 0.29) is 30.2 Å². The summed E-state index contributed by atoms with van der Waals surface area (Å²) >= 11 is 0. The molecule has 1 aromatic rings. The second kappa shape index (κ2) is 8.42. The van der Waals surface area contributed by atoms with Gasteiger partial charge in [0.1, 0.15) is 12.9 Å². The average molecular weight is 348 g/mol. The van der Waals surface area contributed by atoms with Crippen molar-refractivity contribution in [3.63, 3.8) is 0 Å². The Hall–Kier alpha value is -1.96. The van der Waals surface area contributed by atoms with E-state index in [2.05, 4.69) is 27.6 Å². The molecule has 2 saturated heterocycles. The van der Waals surface area contributed by atoms with Crippen molar-refractivity contribution in [2.75, 3.05) is 25.0 Å². The number of piperidine rings is 1. The minimum absolute atomic E-state index is 0.0121. The molecule has 0 aliphatic carbocycles. The first kappa shape index (κ1) is 17.8. The van der Waals surface area contributed by atoms with Gasteiger partial charge in [0.2, 0.25) is 17.8 Å². The Kier molecular flexibility index (Phi) is 6.01. The molecule has 0 saturated carbocycles. The molecule has 25 heavy (non-hydrogen) atoms. The Morgan fingerprint density at radius 1 is 1.28 bits per heavy atom. The van der Waals surface area contributed by atoms with Crippen LogP contribution in [-0.4, -0.2) is 57.2 Å². The van der Waals surface area contributed by atoms with Crippen LogP contribution in [0.5, 0.6) is 0 Å². The van der Waals surface area contributed by atoms with Crippen LogP contribution >= 0.6 is 0 Å². The Morgan fingerprint density at radius 3 is 2.76 bits per heavy atom. The van der Waals surface area contributed by atoms with Crippen molar-refractivity contribution in [1.29, 1.82) is 0 Å². The molecule has 0 aromatic carbocycles. The van der Waals surface area contributed by atoms with Crippen molar-refractivity contribution in [2.45, 2.75) is 58.0 Å². The monoisotopic (exact) mass is 348 g/mol. The summed E-state index contributed by atoms with van der Waals surface area (Å²) < 4.78 is 1.51. The number of carbonyl (C=O) groups is 2. The number of amides is 2. The van der Waals surface area contributed by atoms with Gasteiger partial charge in [-0.2, -0.15) is 0 Å². The number of anilines is 1. The molecule has 2 atom stereocenters. The Labute approximate surface area is 148 Å². The highest BCUT2D eigenvalue weighted by atomic mass is 16.2. The third-order valence-corrected chi connectivity index (χ3v) is 5.02. The van der Waals surface area contributed by atoms with Crippen molar-refractivity contribution in [3.8, 4) is 0 Å². The summed E-state index contributed by atoms with van der Waals surface area (Å²) in [4.78, 5) is 30.7. The van der Waals surface area contributed by atoms with Crippen molar-refractivity contribution in [2.24, 2.45) is 5.92 Å². The number of carbonyl (C=O) groups excluding carboxylic acids is 2. The smallest absolute Gasteiger partial charge is 0.248 e. The number of hydrogen-bond donors (Lipinski definition) is 2. The van der Waals surface area contributed by atoms with E-state index in [1.807, 2.05) is 4.90 Å². The predicted molar refractivity (Wildman–Crippen MR) is 93.9 cm³/mol. The van der Waals surface area contributed by atoms with Crippen LogP contribution in [0.1, 0.15) is 45.4 Å². The average Bonchev–Trinajstić information content (AvgIpc) is 2.85. The first-order chi connectivity index (χ1) is 12.1. The van der Waals surface area contributed by atoms with Gasteiger partial charge in [0.25, 0.3) is 0 Å². The van der Waals surface area contributed by atoms with Gasteiger partial charge in [-0.1, -0.05) is 12.8 Å².